The fourth-order valence-corrected chi connectivity index (χ4v) is 4.42. The van der Waals surface area contributed by atoms with Crippen LogP contribution in [0.4, 0.5) is 11.8 Å². The zero-order valence-corrected chi connectivity index (χ0v) is 19.5. The monoisotopic (exact) mass is 444 g/mol. The molecule has 0 spiro atoms. The molecule has 8 heteroatoms. The summed E-state index contributed by atoms with van der Waals surface area (Å²) < 4.78 is 0. The lowest BCUT2D eigenvalue weighted by atomic mass is 9.93. The maximum Gasteiger partial charge on any atom is 0.256 e. The smallest absolute Gasteiger partial charge is 0.256 e. The number of aliphatic hydroxyl groups excluding tert-OH is 1. The highest BCUT2D eigenvalue weighted by Crippen LogP contribution is 2.24. The van der Waals surface area contributed by atoms with Crippen LogP contribution in [0.5, 0.6) is 0 Å². The number of rotatable bonds is 11. The number of aromatic nitrogens is 2. The standard InChI is InChI=1S/C24H40N6O2/c1-3-5-12-25-24-27-17-21(22(29-24)28-19-6-8-20(31)9-7-19)23(32)26-16-18-10-14-30(13-4-2)15-11-18/h4,17-20,31H,2-3,5-16H2,1H3,(H,26,32)(H2,25,27,28,29). The summed E-state index contributed by atoms with van der Waals surface area (Å²) in [6.07, 6.45) is 10.9. The fourth-order valence-electron chi connectivity index (χ4n) is 4.42. The van der Waals surface area contributed by atoms with Gasteiger partial charge in [0.1, 0.15) is 11.4 Å². The van der Waals surface area contributed by atoms with Gasteiger partial charge in [-0.15, -0.1) is 6.58 Å². The Labute approximate surface area is 192 Å². The topological polar surface area (TPSA) is 102 Å². The zero-order chi connectivity index (χ0) is 22.8. The van der Waals surface area contributed by atoms with Gasteiger partial charge in [-0.1, -0.05) is 19.4 Å². The second kappa shape index (κ2) is 12.7. The third-order valence-corrected chi connectivity index (χ3v) is 6.53. The van der Waals surface area contributed by atoms with E-state index in [0.29, 0.717) is 29.8 Å². The average Bonchev–Trinajstić information content (AvgIpc) is 2.80. The Morgan fingerprint density at radius 1 is 1.25 bits per heavy atom. The molecule has 1 aliphatic carbocycles. The first kappa shape index (κ1) is 24.5. The number of hydrogen-bond acceptors (Lipinski definition) is 7. The molecule has 1 amide bonds. The summed E-state index contributed by atoms with van der Waals surface area (Å²) in [5.41, 5.74) is 0.487. The van der Waals surface area contributed by atoms with Crippen LogP contribution in [0.1, 0.15) is 68.6 Å². The lowest BCUT2D eigenvalue weighted by Crippen LogP contribution is -2.39. The van der Waals surface area contributed by atoms with Gasteiger partial charge in [-0.3, -0.25) is 9.69 Å². The number of nitrogens with one attached hydrogen (secondary N) is 3. The van der Waals surface area contributed by atoms with E-state index < -0.39 is 0 Å². The molecule has 2 fully saturated rings. The largest absolute Gasteiger partial charge is 0.393 e. The van der Waals surface area contributed by atoms with Crippen molar-refractivity contribution >= 4 is 17.7 Å². The van der Waals surface area contributed by atoms with E-state index in [0.717, 1.165) is 77.5 Å². The summed E-state index contributed by atoms with van der Waals surface area (Å²) in [6.45, 7) is 10.5. The normalized spacial score (nSPS) is 22.3. The molecule has 178 valence electrons. The van der Waals surface area contributed by atoms with Gasteiger partial charge in [0.05, 0.1) is 6.10 Å². The summed E-state index contributed by atoms with van der Waals surface area (Å²) in [5.74, 6) is 1.49. The highest BCUT2D eigenvalue weighted by atomic mass is 16.3. The molecule has 0 aromatic carbocycles. The Hall–Kier alpha value is -2.19. The first-order valence-electron chi connectivity index (χ1n) is 12.3. The van der Waals surface area contributed by atoms with Crippen LogP contribution in [0.3, 0.4) is 0 Å². The maximum atomic E-state index is 13.0. The van der Waals surface area contributed by atoms with Gasteiger partial charge in [-0.05, 0) is 64.0 Å². The van der Waals surface area contributed by atoms with Crippen LogP contribution in [-0.4, -0.2) is 70.8 Å². The van der Waals surface area contributed by atoms with Crippen molar-refractivity contribution in [2.24, 2.45) is 5.92 Å². The van der Waals surface area contributed by atoms with Gasteiger partial charge in [0.15, 0.2) is 0 Å². The molecular formula is C24H40N6O2. The van der Waals surface area contributed by atoms with Gasteiger partial charge in [0.2, 0.25) is 5.95 Å². The summed E-state index contributed by atoms with van der Waals surface area (Å²) in [7, 11) is 0. The van der Waals surface area contributed by atoms with Crippen LogP contribution >= 0.6 is 0 Å². The highest BCUT2D eigenvalue weighted by molar-refractivity contribution is 5.98. The molecule has 1 saturated heterocycles. The van der Waals surface area contributed by atoms with E-state index in [9.17, 15) is 9.90 Å². The summed E-state index contributed by atoms with van der Waals surface area (Å²) in [5, 5.41) is 19.6. The van der Waals surface area contributed by atoms with Crippen LogP contribution in [0.25, 0.3) is 0 Å². The minimum absolute atomic E-state index is 0.128. The summed E-state index contributed by atoms with van der Waals surface area (Å²) in [4.78, 5) is 24.4. The molecule has 3 rings (SSSR count). The van der Waals surface area contributed by atoms with Crippen LogP contribution in [0.2, 0.25) is 0 Å². The van der Waals surface area contributed by atoms with E-state index in [1.807, 2.05) is 6.08 Å². The molecule has 1 aliphatic heterocycles. The van der Waals surface area contributed by atoms with Gasteiger partial charge in [-0.25, -0.2) is 4.98 Å². The Balaban J connectivity index is 1.61. The van der Waals surface area contributed by atoms with Crippen molar-refractivity contribution in [3.63, 3.8) is 0 Å². The SMILES string of the molecule is C=CCN1CCC(CNC(=O)c2cnc(NCCCC)nc2NC2CCC(O)CC2)CC1. The van der Waals surface area contributed by atoms with Crippen molar-refractivity contribution in [2.45, 2.75) is 70.4 Å². The first-order valence-corrected chi connectivity index (χ1v) is 12.3. The Morgan fingerprint density at radius 3 is 2.69 bits per heavy atom. The molecule has 0 radical (unpaired) electrons. The molecule has 2 heterocycles. The minimum Gasteiger partial charge on any atom is -0.393 e. The molecule has 0 unspecified atom stereocenters. The summed E-state index contributed by atoms with van der Waals surface area (Å²) >= 11 is 0. The molecular weight excluding hydrogens is 404 g/mol. The van der Waals surface area contributed by atoms with Crippen LogP contribution in [0.15, 0.2) is 18.9 Å². The number of hydrogen-bond donors (Lipinski definition) is 4. The lowest BCUT2D eigenvalue weighted by Gasteiger charge is -2.31. The van der Waals surface area contributed by atoms with Crippen LogP contribution in [0, 0.1) is 5.92 Å². The predicted octanol–water partition coefficient (Wildman–Crippen LogP) is 3.03. The number of nitrogens with zero attached hydrogens (tertiary/aromatic N) is 3. The third-order valence-electron chi connectivity index (χ3n) is 6.53. The van der Waals surface area contributed by atoms with E-state index in [-0.39, 0.29) is 18.1 Å². The number of amides is 1. The van der Waals surface area contributed by atoms with Gasteiger partial charge in [0.25, 0.3) is 5.91 Å². The number of piperidine rings is 1. The number of likely N-dealkylation sites (tertiary alicyclic amines) is 1. The van der Waals surface area contributed by atoms with Gasteiger partial charge in [0, 0.05) is 31.9 Å². The lowest BCUT2D eigenvalue weighted by molar-refractivity contribution is 0.0937. The van der Waals surface area contributed by atoms with Crippen molar-refractivity contribution in [3.05, 3.63) is 24.4 Å². The van der Waals surface area contributed by atoms with Gasteiger partial charge >= 0.3 is 0 Å². The quantitative estimate of drug-likeness (QED) is 0.307. The molecule has 2 aliphatic rings. The number of carbonyl (C=O) groups is 1. The molecule has 1 saturated carbocycles. The molecule has 1 aromatic heterocycles. The molecule has 8 nitrogen and oxygen atoms in total. The predicted molar refractivity (Wildman–Crippen MR) is 129 cm³/mol. The van der Waals surface area contributed by atoms with E-state index in [4.69, 9.17) is 0 Å². The average molecular weight is 445 g/mol. The van der Waals surface area contributed by atoms with E-state index in [1.165, 1.54) is 0 Å². The first-order chi connectivity index (χ1) is 15.6. The number of unbranched alkanes of at least 4 members (excludes halogenated alkanes) is 1. The number of anilines is 2. The minimum atomic E-state index is -0.217. The third kappa shape index (κ3) is 7.45. The van der Waals surface area contributed by atoms with Crippen molar-refractivity contribution < 1.29 is 9.90 Å². The fraction of sp³-hybridized carbons (Fsp3) is 0.708. The molecule has 32 heavy (non-hydrogen) atoms. The van der Waals surface area contributed by atoms with Crippen LogP contribution in [-0.2, 0) is 0 Å². The molecule has 0 atom stereocenters. The molecule has 1 aromatic rings. The number of carbonyl (C=O) groups excluding carboxylic acids is 1. The van der Waals surface area contributed by atoms with Crippen molar-refractivity contribution in [3.8, 4) is 0 Å². The van der Waals surface area contributed by atoms with Crippen LogP contribution < -0.4 is 16.0 Å². The zero-order valence-electron chi connectivity index (χ0n) is 19.5. The maximum absolute atomic E-state index is 13.0. The van der Waals surface area contributed by atoms with E-state index >= 15 is 0 Å². The summed E-state index contributed by atoms with van der Waals surface area (Å²) in [6, 6.07) is 0.206. The number of aliphatic hydroxyl groups is 1. The Morgan fingerprint density at radius 2 is 2.00 bits per heavy atom. The van der Waals surface area contributed by atoms with E-state index in [2.05, 4.69) is 44.3 Å². The molecule has 0 bridgehead atoms. The van der Waals surface area contributed by atoms with Crippen molar-refractivity contribution in [1.82, 2.24) is 20.2 Å². The van der Waals surface area contributed by atoms with Gasteiger partial charge < -0.3 is 21.1 Å². The second-order valence-electron chi connectivity index (χ2n) is 9.13. The molecule has 4 N–H and O–H groups in total. The van der Waals surface area contributed by atoms with Crippen molar-refractivity contribution in [1.29, 1.82) is 0 Å². The second-order valence-corrected chi connectivity index (χ2v) is 9.13. The Kier molecular flexibility index (Phi) is 9.74. The van der Waals surface area contributed by atoms with Crippen molar-refractivity contribution in [2.75, 3.05) is 43.4 Å². The highest BCUT2D eigenvalue weighted by Gasteiger charge is 2.24. The van der Waals surface area contributed by atoms with Gasteiger partial charge in [-0.2, -0.15) is 4.98 Å². The van der Waals surface area contributed by atoms with E-state index in [1.54, 1.807) is 6.20 Å². The Bertz CT molecular complexity index is 727.